The molecular weight excluding hydrogens is 452 g/mol. The van der Waals surface area contributed by atoms with Gasteiger partial charge < -0.3 is 18.9 Å². The van der Waals surface area contributed by atoms with E-state index in [-0.39, 0.29) is 5.92 Å². The van der Waals surface area contributed by atoms with Crippen molar-refractivity contribution in [2.75, 3.05) is 6.61 Å². The van der Waals surface area contributed by atoms with E-state index in [0.717, 1.165) is 5.56 Å². The number of rotatable bonds is 10. The van der Waals surface area contributed by atoms with Crippen LogP contribution < -0.4 is 4.74 Å². The molecule has 0 saturated carbocycles. The zero-order valence-corrected chi connectivity index (χ0v) is 22.4. The smallest absolute Gasteiger partial charge is 0.324 e. The van der Waals surface area contributed by atoms with Crippen molar-refractivity contribution < 1.29 is 38.1 Å². The molecule has 35 heavy (non-hydrogen) atoms. The Morgan fingerprint density at radius 2 is 1.31 bits per heavy atom. The molecule has 0 aliphatic heterocycles. The van der Waals surface area contributed by atoms with E-state index in [9.17, 15) is 19.2 Å². The van der Waals surface area contributed by atoms with Crippen LogP contribution in [-0.2, 0) is 33.4 Å². The van der Waals surface area contributed by atoms with Crippen LogP contribution in [-0.4, -0.2) is 41.7 Å². The van der Waals surface area contributed by atoms with Crippen LogP contribution >= 0.6 is 0 Å². The predicted octanol–water partition coefficient (Wildman–Crippen LogP) is 4.97. The molecule has 0 radical (unpaired) electrons. The molecule has 0 heterocycles. The van der Waals surface area contributed by atoms with E-state index >= 15 is 0 Å². The third-order valence-corrected chi connectivity index (χ3v) is 4.95. The normalized spacial score (nSPS) is 13.5. The van der Waals surface area contributed by atoms with E-state index in [1.54, 1.807) is 53.7 Å². The van der Waals surface area contributed by atoms with Crippen molar-refractivity contribution >= 4 is 23.9 Å². The second-order valence-corrected chi connectivity index (χ2v) is 10.7. The first-order valence-electron chi connectivity index (χ1n) is 11.9. The molecule has 1 aromatic carbocycles. The standard InChI is InChI=1S/C27H40O8/c1-10-19(15-17(2)20-11-13-21(14-12-20)33-18(3)28)23(29)32-16-22(24(30)34-26(4,5)6)25(31)35-27(7,8)9/h11-14,17,19,22H,10,15-16H2,1-9H3. The van der Waals surface area contributed by atoms with Gasteiger partial charge in [-0.15, -0.1) is 0 Å². The molecule has 8 heteroatoms. The van der Waals surface area contributed by atoms with Gasteiger partial charge in [-0.1, -0.05) is 26.0 Å². The fraction of sp³-hybridized carbons (Fsp3) is 0.630. The summed E-state index contributed by atoms with van der Waals surface area (Å²) in [5, 5.41) is 0. The summed E-state index contributed by atoms with van der Waals surface area (Å²) in [6.07, 6.45) is 1.03. The molecule has 0 aromatic heterocycles. The highest BCUT2D eigenvalue weighted by Crippen LogP contribution is 2.28. The van der Waals surface area contributed by atoms with Gasteiger partial charge in [-0.05, 0) is 78.0 Å². The van der Waals surface area contributed by atoms with Crippen LogP contribution in [0.2, 0.25) is 0 Å². The topological polar surface area (TPSA) is 105 Å². The van der Waals surface area contributed by atoms with Crippen molar-refractivity contribution in [3.63, 3.8) is 0 Å². The summed E-state index contributed by atoms with van der Waals surface area (Å²) in [7, 11) is 0. The first-order valence-corrected chi connectivity index (χ1v) is 11.9. The van der Waals surface area contributed by atoms with Crippen LogP contribution in [0, 0.1) is 11.8 Å². The van der Waals surface area contributed by atoms with Crippen LogP contribution in [0.1, 0.15) is 86.6 Å². The van der Waals surface area contributed by atoms with Gasteiger partial charge in [0.2, 0.25) is 0 Å². The Morgan fingerprint density at radius 3 is 1.71 bits per heavy atom. The molecular formula is C27H40O8. The lowest BCUT2D eigenvalue weighted by Gasteiger charge is -2.26. The molecule has 0 amide bonds. The largest absolute Gasteiger partial charge is 0.464 e. The third kappa shape index (κ3) is 11.4. The first kappa shape index (κ1) is 30.1. The SMILES string of the molecule is CCC(CC(C)c1ccc(OC(C)=O)cc1)C(=O)OCC(C(=O)OC(C)(C)C)C(=O)OC(C)(C)C. The van der Waals surface area contributed by atoms with Crippen molar-refractivity contribution in [3.8, 4) is 5.75 Å². The summed E-state index contributed by atoms with van der Waals surface area (Å²) in [5.74, 6) is -3.81. The lowest BCUT2D eigenvalue weighted by Crippen LogP contribution is -2.40. The molecule has 196 valence electrons. The maximum atomic E-state index is 12.9. The number of hydrogen-bond acceptors (Lipinski definition) is 8. The fourth-order valence-electron chi connectivity index (χ4n) is 3.28. The number of ether oxygens (including phenoxy) is 4. The number of carbonyl (C=O) groups excluding carboxylic acids is 4. The van der Waals surface area contributed by atoms with Crippen LogP contribution in [0.25, 0.3) is 0 Å². The molecule has 2 atom stereocenters. The van der Waals surface area contributed by atoms with Crippen molar-refractivity contribution in [1.82, 2.24) is 0 Å². The number of esters is 4. The van der Waals surface area contributed by atoms with E-state index < -0.39 is 53.5 Å². The van der Waals surface area contributed by atoms with Crippen molar-refractivity contribution in [2.24, 2.45) is 11.8 Å². The lowest BCUT2D eigenvalue weighted by atomic mass is 9.89. The predicted molar refractivity (Wildman–Crippen MR) is 131 cm³/mol. The minimum absolute atomic E-state index is 0.0198. The highest BCUT2D eigenvalue weighted by molar-refractivity contribution is 5.95. The number of benzene rings is 1. The van der Waals surface area contributed by atoms with Gasteiger partial charge in [0.25, 0.3) is 0 Å². The Balaban J connectivity index is 2.86. The van der Waals surface area contributed by atoms with Gasteiger partial charge in [-0.2, -0.15) is 0 Å². The second-order valence-electron chi connectivity index (χ2n) is 10.7. The van der Waals surface area contributed by atoms with Gasteiger partial charge in [0.1, 0.15) is 23.6 Å². The van der Waals surface area contributed by atoms with Gasteiger partial charge in [-0.25, -0.2) is 0 Å². The van der Waals surface area contributed by atoms with Gasteiger partial charge in [0, 0.05) is 6.92 Å². The van der Waals surface area contributed by atoms with Crippen LogP contribution in [0.15, 0.2) is 24.3 Å². The Hall–Kier alpha value is -2.90. The van der Waals surface area contributed by atoms with E-state index in [1.807, 2.05) is 26.0 Å². The maximum absolute atomic E-state index is 12.9. The maximum Gasteiger partial charge on any atom is 0.324 e. The van der Waals surface area contributed by atoms with E-state index in [4.69, 9.17) is 18.9 Å². The first-order chi connectivity index (χ1) is 16.0. The second kappa shape index (κ2) is 12.7. The monoisotopic (exact) mass is 492 g/mol. The molecule has 1 rings (SSSR count). The summed E-state index contributed by atoms with van der Waals surface area (Å²) >= 11 is 0. The Morgan fingerprint density at radius 1 is 0.829 bits per heavy atom. The average Bonchev–Trinajstić information content (AvgIpc) is 2.69. The van der Waals surface area contributed by atoms with E-state index in [2.05, 4.69) is 0 Å². The summed E-state index contributed by atoms with van der Waals surface area (Å²) in [5.41, 5.74) is -0.644. The van der Waals surface area contributed by atoms with Crippen LogP contribution in [0.5, 0.6) is 5.75 Å². The zero-order valence-electron chi connectivity index (χ0n) is 22.4. The molecule has 8 nitrogen and oxygen atoms in total. The summed E-state index contributed by atoms with van der Waals surface area (Å²) in [4.78, 5) is 49.2. The average molecular weight is 493 g/mol. The van der Waals surface area contributed by atoms with E-state index in [1.165, 1.54) is 6.92 Å². The van der Waals surface area contributed by atoms with Crippen molar-refractivity contribution in [2.45, 2.75) is 92.3 Å². The van der Waals surface area contributed by atoms with Gasteiger partial charge in [0.05, 0.1) is 5.92 Å². The van der Waals surface area contributed by atoms with Crippen molar-refractivity contribution in [1.29, 1.82) is 0 Å². The zero-order chi connectivity index (χ0) is 27.0. The number of carbonyl (C=O) groups is 4. The summed E-state index contributed by atoms with van der Waals surface area (Å²) < 4.78 is 21.2. The summed E-state index contributed by atoms with van der Waals surface area (Å²) in [6, 6.07) is 7.11. The fourth-order valence-corrected chi connectivity index (χ4v) is 3.28. The highest BCUT2D eigenvalue weighted by Gasteiger charge is 2.36. The molecule has 0 spiro atoms. The summed E-state index contributed by atoms with van der Waals surface area (Å²) in [6.45, 7) is 14.9. The molecule has 0 aliphatic carbocycles. The minimum atomic E-state index is -1.37. The Labute approximate surface area is 208 Å². The molecule has 0 N–H and O–H groups in total. The Bertz CT molecular complexity index is 846. The molecule has 1 aromatic rings. The molecule has 0 fully saturated rings. The van der Waals surface area contributed by atoms with Gasteiger partial charge >= 0.3 is 23.9 Å². The highest BCUT2D eigenvalue weighted by atomic mass is 16.6. The molecule has 0 aliphatic rings. The molecule has 0 saturated heterocycles. The number of hydrogen-bond donors (Lipinski definition) is 0. The van der Waals surface area contributed by atoms with Crippen LogP contribution in [0.4, 0.5) is 0 Å². The molecule has 2 unspecified atom stereocenters. The minimum Gasteiger partial charge on any atom is -0.464 e. The van der Waals surface area contributed by atoms with Gasteiger partial charge in [0.15, 0.2) is 5.92 Å². The van der Waals surface area contributed by atoms with E-state index in [0.29, 0.717) is 18.6 Å². The lowest BCUT2D eigenvalue weighted by molar-refractivity contribution is -0.178. The van der Waals surface area contributed by atoms with Crippen molar-refractivity contribution in [3.05, 3.63) is 29.8 Å². The third-order valence-electron chi connectivity index (χ3n) is 4.95. The Kier molecular flexibility index (Phi) is 10.9. The van der Waals surface area contributed by atoms with Crippen LogP contribution in [0.3, 0.4) is 0 Å². The van der Waals surface area contributed by atoms with Gasteiger partial charge in [-0.3, -0.25) is 19.2 Å². The quantitative estimate of drug-likeness (QED) is 0.195. The molecule has 0 bridgehead atoms.